The maximum Gasteiger partial charge on any atom is 0.235 e. The molecule has 0 bridgehead atoms. The van der Waals surface area contributed by atoms with E-state index in [0.29, 0.717) is 5.95 Å². The molecule has 0 unspecified atom stereocenters. The number of thiophene rings is 1. The van der Waals surface area contributed by atoms with Gasteiger partial charge in [0.1, 0.15) is 0 Å². The third-order valence-electron chi connectivity index (χ3n) is 10.8. The first-order valence-corrected chi connectivity index (χ1v) is 19.1. The number of allylic oxidation sites excluding steroid dienone is 1. The van der Waals surface area contributed by atoms with Crippen molar-refractivity contribution in [3.05, 3.63) is 181 Å². The van der Waals surface area contributed by atoms with Crippen molar-refractivity contribution in [2.24, 2.45) is 0 Å². The summed E-state index contributed by atoms with van der Waals surface area (Å²) in [6.45, 7) is 6.77. The molecule has 4 aromatic heterocycles. The van der Waals surface area contributed by atoms with E-state index >= 15 is 0 Å². The topological polar surface area (TPSA) is 35.6 Å². The van der Waals surface area contributed by atoms with Crippen molar-refractivity contribution < 1.29 is 0 Å². The number of rotatable bonds is 5. The van der Waals surface area contributed by atoms with Gasteiger partial charge in [-0.25, -0.2) is 9.97 Å². The van der Waals surface area contributed by atoms with E-state index < -0.39 is 0 Å². The van der Waals surface area contributed by atoms with E-state index in [9.17, 15) is 0 Å². The first kappa shape index (κ1) is 30.8. The third kappa shape index (κ3) is 4.36. The minimum absolute atomic E-state index is 0.628. The smallest absolute Gasteiger partial charge is 0.235 e. The van der Waals surface area contributed by atoms with E-state index in [-0.39, 0.29) is 0 Å². The van der Waals surface area contributed by atoms with Crippen molar-refractivity contribution in [2.75, 3.05) is 0 Å². The number of aromatic nitrogens is 4. The lowest BCUT2D eigenvalue weighted by Crippen LogP contribution is -2.05. The van der Waals surface area contributed by atoms with Crippen molar-refractivity contribution in [3.63, 3.8) is 0 Å². The first-order chi connectivity index (χ1) is 26.7. The zero-order valence-corrected chi connectivity index (χ0v) is 30.3. The summed E-state index contributed by atoms with van der Waals surface area (Å²) in [4.78, 5) is 11.0. The van der Waals surface area contributed by atoms with Gasteiger partial charge in [0.25, 0.3) is 0 Å². The summed E-state index contributed by atoms with van der Waals surface area (Å²) < 4.78 is 6.93. The zero-order valence-electron chi connectivity index (χ0n) is 29.5. The monoisotopic (exact) mass is 708 g/mol. The fraction of sp³-hybridized carbons (Fsp3) is 0.0204. The summed E-state index contributed by atoms with van der Waals surface area (Å²) in [6.07, 6.45) is 4.21. The summed E-state index contributed by atoms with van der Waals surface area (Å²) in [6, 6.07) is 54.1. The van der Waals surface area contributed by atoms with Gasteiger partial charge in [-0.3, -0.25) is 4.57 Å². The lowest BCUT2D eigenvalue weighted by molar-refractivity contribution is 1.01. The maximum absolute atomic E-state index is 5.53. The number of para-hydroxylation sites is 2. The van der Waals surface area contributed by atoms with Crippen molar-refractivity contribution in [2.45, 2.75) is 6.92 Å². The Morgan fingerprint density at radius 1 is 0.593 bits per heavy atom. The summed E-state index contributed by atoms with van der Waals surface area (Å²) in [5, 5.41) is 8.31. The summed E-state index contributed by atoms with van der Waals surface area (Å²) in [5.74, 6) is 0.628. The molecule has 0 spiro atoms. The van der Waals surface area contributed by atoms with Gasteiger partial charge in [0.05, 0.1) is 38.0 Å². The van der Waals surface area contributed by atoms with Crippen LogP contribution in [-0.2, 0) is 0 Å². The molecular weight excluding hydrogens is 677 g/mol. The Labute approximate surface area is 315 Å². The molecule has 0 atom stereocenters. The summed E-state index contributed by atoms with van der Waals surface area (Å²) >= 11 is 1.73. The Balaban J connectivity index is 1.32. The molecule has 7 aromatic carbocycles. The third-order valence-corrected chi connectivity index (χ3v) is 12.0. The maximum atomic E-state index is 5.53. The fourth-order valence-corrected chi connectivity index (χ4v) is 9.65. The highest BCUT2D eigenvalue weighted by molar-refractivity contribution is 7.26. The molecule has 4 nitrogen and oxygen atoms in total. The second-order valence-electron chi connectivity index (χ2n) is 13.8. The Hall–Kier alpha value is -6.82. The van der Waals surface area contributed by atoms with Crippen LogP contribution >= 0.6 is 11.3 Å². The van der Waals surface area contributed by atoms with Crippen LogP contribution in [0.4, 0.5) is 0 Å². The van der Waals surface area contributed by atoms with E-state index in [1.54, 1.807) is 11.3 Å². The molecule has 0 radical (unpaired) electrons. The first-order valence-electron chi connectivity index (χ1n) is 18.2. The summed E-state index contributed by atoms with van der Waals surface area (Å²) in [7, 11) is 0. The van der Waals surface area contributed by atoms with Crippen LogP contribution in [0.25, 0.3) is 98.0 Å². The normalized spacial score (nSPS) is 12.2. The molecule has 0 saturated carbocycles. The molecule has 0 amide bonds. The molecular formula is C49H32N4S. The number of hydrogen-bond donors (Lipinski definition) is 0. The van der Waals surface area contributed by atoms with Gasteiger partial charge in [-0.1, -0.05) is 134 Å². The second-order valence-corrected chi connectivity index (χ2v) is 14.8. The van der Waals surface area contributed by atoms with Crippen LogP contribution < -0.4 is 0 Å². The molecule has 0 saturated heterocycles. The molecule has 11 rings (SSSR count). The standard InChI is InChI=1S/C49H32N4S/c1-3-15-31-16-7-9-20-34(31)30(2)45-48-46(38-23-12-14-25-42(38)54-48)51-49(50-45)53-40-28-26-32-17-8-10-21-35(32)43(40)44-41(53)29-27-37-36-22-11-13-24-39(36)52(47(37)44)33-18-5-4-6-19-33/h3-29H,2H2,1H3/b15-3-. The Morgan fingerprint density at radius 3 is 2.17 bits per heavy atom. The van der Waals surface area contributed by atoms with Gasteiger partial charge in [-0.05, 0) is 65.2 Å². The highest BCUT2D eigenvalue weighted by Crippen LogP contribution is 2.45. The van der Waals surface area contributed by atoms with Gasteiger partial charge >= 0.3 is 0 Å². The number of nitrogens with zero attached hydrogens (tertiary/aromatic N) is 4. The van der Waals surface area contributed by atoms with E-state index in [0.717, 1.165) is 54.7 Å². The lowest BCUT2D eigenvalue weighted by atomic mass is 9.97. The highest BCUT2D eigenvalue weighted by Gasteiger charge is 2.25. The van der Waals surface area contributed by atoms with Crippen molar-refractivity contribution >= 4 is 97.7 Å². The minimum atomic E-state index is 0.628. The van der Waals surface area contributed by atoms with Crippen LogP contribution in [0, 0.1) is 0 Å². The Bertz CT molecular complexity index is 3360. The lowest BCUT2D eigenvalue weighted by Gasteiger charge is -2.13. The van der Waals surface area contributed by atoms with Gasteiger partial charge in [-0.15, -0.1) is 11.3 Å². The van der Waals surface area contributed by atoms with Crippen LogP contribution in [0.2, 0.25) is 0 Å². The minimum Gasteiger partial charge on any atom is -0.309 e. The molecule has 254 valence electrons. The average molecular weight is 709 g/mol. The largest absolute Gasteiger partial charge is 0.309 e. The average Bonchev–Trinajstić information content (AvgIpc) is 3.89. The quantitative estimate of drug-likeness (QED) is 0.178. The van der Waals surface area contributed by atoms with Crippen LogP contribution in [0.15, 0.2) is 164 Å². The predicted molar refractivity (Wildman–Crippen MR) is 230 cm³/mol. The fourth-order valence-electron chi connectivity index (χ4n) is 8.49. The van der Waals surface area contributed by atoms with Crippen LogP contribution in [0.5, 0.6) is 0 Å². The van der Waals surface area contributed by atoms with Crippen LogP contribution in [0.1, 0.15) is 23.7 Å². The summed E-state index contributed by atoms with van der Waals surface area (Å²) in [5.41, 5.74) is 10.4. The van der Waals surface area contributed by atoms with Crippen LogP contribution in [0.3, 0.4) is 0 Å². The zero-order chi connectivity index (χ0) is 35.9. The molecule has 0 aliphatic carbocycles. The van der Waals surface area contributed by atoms with E-state index in [2.05, 4.69) is 173 Å². The molecule has 0 aliphatic rings. The number of hydrogen-bond acceptors (Lipinski definition) is 3. The van der Waals surface area contributed by atoms with E-state index in [4.69, 9.17) is 16.5 Å². The van der Waals surface area contributed by atoms with Gasteiger partial charge in [0.15, 0.2) is 0 Å². The number of benzene rings is 7. The van der Waals surface area contributed by atoms with Crippen molar-refractivity contribution in [3.8, 4) is 11.6 Å². The van der Waals surface area contributed by atoms with Crippen molar-refractivity contribution in [1.82, 2.24) is 19.1 Å². The predicted octanol–water partition coefficient (Wildman–Crippen LogP) is 13.3. The molecule has 54 heavy (non-hydrogen) atoms. The highest BCUT2D eigenvalue weighted by atomic mass is 32.1. The SMILES string of the molecule is C=C(c1ccccc1/C=C\C)c1nc(-n2c3ccc4ccccc4c3c3c2ccc2c4ccccc4n(-c4ccccc4)c23)nc2c1sc1ccccc12. The van der Waals surface area contributed by atoms with Crippen molar-refractivity contribution in [1.29, 1.82) is 0 Å². The Morgan fingerprint density at radius 2 is 1.30 bits per heavy atom. The molecule has 11 aromatic rings. The van der Waals surface area contributed by atoms with Gasteiger partial charge in [0.2, 0.25) is 5.95 Å². The van der Waals surface area contributed by atoms with Gasteiger partial charge in [-0.2, -0.15) is 0 Å². The number of fused-ring (bicyclic) bond motifs is 12. The van der Waals surface area contributed by atoms with E-state index in [1.807, 2.05) is 6.92 Å². The van der Waals surface area contributed by atoms with Gasteiger partial charge < -0.3 is 4.57 Å². The molecule has 0 aliphatic heterocycles. The van der Waals surface area contributed by atoms with Gasteiger partial charge in [0, 0.05) is 42.9 Å². The molecule has 0 fully saturated rings. The molecule has 5 heteroatoms. The second kappa shape index (κ2) is 11.9. The molecule has 0 N–H and O–H groups in total. The van der Waals surface area contributed by atoms with E-state index in [1.165, 1.54) is 48.1 Å². The Kier molecular flexibility index (Phi) is 6.75. The van der Waals surface area contributed by atoms with Crippen LogP contribution in [-0.4, -0.2) is 19.1 Å². The molecule has 4 heterocycles.